The normalized spacial score (nSPS) is 22.7. The lowest BCUT2D eigenvalue weighted by Gasteiger charge is -2.19. The van der Waals surface area contributed by atoms with Crippen LogP contribution in [0.25, 0.3) is 0 Å². The lowest BCUT2D eigenvalue weighted by Crippen LogP contribution is -2.34. The molecule has 2 aromatic rings. The van der Waals surface area contributed by atoms with Crippen molar-refractivity contribution in [2.45, 2.75) is 18.8 Å². The summed E-state index contributed by atoms with van der Waals surface area (Å²) in [5.41, 5.74) is -0.214. The lowest BCUT2D eigenvalue weighted by atomic mass is 9.92. The van der Waals surface area contributed by atoms with Crippen LogP contribution in [0.15, 0.2) is 42.5 Å². The highest BCUT2D eigenvalue weighted by molar-refractivity contribution is 5.94. The van der Waals surface area contributed by atoms with E-state index in [9.17, 15) is 18.0 Å². The number of hydrogen-bond donors (Lipinski definition) is 1. The van der Waals surface area contributed by atoms with Crippen LogP contribution in [0.3, 0.4) is 0 Å². The number of carbonyl (C=O) groups excluding carboxylic acids is 1. The minimum atomic E-state index is -0.634. The zero-order valence-corrected chi connectivity index (χ0v) is 12.6. The van der Waals surface area contributed by atoms with Crippen molar-refractivity contribution in [1.29, 1.82) is 0 Å². The van der Waals surface area contributed by atoms with Gasteiger partial charge in [-0.1, -0.05) is 25.1 Å². The van der Waals surface area contributed by atoms with Crippen LogP contribution >= 0.6 is 0 Å². The van der Waals surface area contributed by atoms with Gasteiger partial charge in [-0.25, -0.2) is 13.2 Å². The number of halogens is 3. The first-order valence-corrected chi connectivity index (χ1v) is 7.42. The quantitative estimate of drug-likeness (QED) is 0.912. The van der Waals surface area contributed by atoms with Crippen LogP contribution in [0.1, 0.15) is 29.3 Å². The average Bonchev–Trinajstić information content (AvgIpc) is 3.16. The molecule has 2 unspecified atom stereocenters. The van der Waals surface area contributed by atoms with Crippen molar-refractivity contribution in [2.24, 2.45) is 5.92 Å². The molecule has 0 bridgehead atoms. The zero-order chi connectivity index (χ0) is 16.6. The van der Waals surface area contributed by atoms with Crippen LogP contribution < -0.4 is 5.32 Å². The van der Waals surface area contributed by atoms with Gasteiger partial charge in [-0.3, -0.25) is 4.79 Å². The zero-order valence-electron chi connectivity index (χ0n) is 12.6. The summed E-state index contributed by atoms with van der Waals surface area (Å²) in [4.78, 5) is 12.1. The van der Waals surface area contributed by atoms with E-state index in [1.807, 2.05) is 6.92 Å². The number of carbonyl (C=O) groups is 1. The van der Waals surface area contributed by atoms with Gasteiger partial charge < -0.3 is 5.32 Å². The molecule has 1 amide bonds. The highest BCUT2D eigenvalue weighted by atomic mass is 19.1. The first-order valence-electron chi connectivity index (χ1n) is 7.42. The van der Waals surface area contributed by atoms with Gasteiger partial charge in [-0.2, -0.15) is 0 Å². The molecule has 0 saturated heterocycles. The van der Waals surface area contributed by atoms with Gasteiger partial charge in [0.15, 0.2) is 0 Å². The van der Waals surface area contributed by atoms with Crippen molar-refractivity contribution >= 4 is 5.91 Å². The van der Waals surface area contributed by atoms with Crippen LogP contribution in [-0.2, 0) is 5.41 Å². The molecule has 2 aromatic carbocycles. The summed E-state index contributed by atoms with van der Waals surface area (Å²) in [5, 5.41) is 2.67. The Bertz CT molecular complexity index is 762. The molecule has 1 aliphatic rings. The smallest absolute Gasteiger partial charge is 0.254 e. The summed E-state index contributed by atoms with van der Waals surface area (Å²) in [7, 11) is 0. The molecule has 1 N–H and O–H groups in total. The lowest BCUT2D eigenvalue weighted by molar-refractivity contribution is 0.0944. The molecule has 5 heteroatoms. The van der Waals surface area contributed by atoms with Crippen molar-refractivity contribution in [3.63, 3.8) is 0 Å². The number of hydrogen-bond acceptors (Lipinski definition) is 1. The second kappa shape index (κ2) is 5.72. The van der Waals surface area contributed by atoms with Gasteiger partial charge in [0, 0.05) is 18.0 Å². The Morgan fingerprint density at radius 1 is 1.17 bits per heavy atom. The van der Waals surface area contributed by atoms with Crippen LogP contribution in [0.4, 0.5) is 13.2 Å². The van der Waals surface area contributed by atoms with E-state index in [2.05, 4.69) is 5.32 Å². The second-order valence-electron chi connectivity index (χ2n) is 6.05. The van der Waals surface area contributed by atoms with Gasteiger partial charge in [0.2, 0.25) is 0 Å². The Hall–Kier alpha value is -2.30. The predicted octanol–water partition coefficient (Wildman–Crippen LogP) is 3.81. The topological polar surface area (TPSA) is 29.1 Å². The minimum absolute atomic E-state index is 0.0458. The highest BCUT2D eigenvalue weighted by Crippen LogP contribution is 2.54. The third kappa shape index (κ3) is 2.83. The van der Waals surface area contributed by atoms with Crippen molar-refractivity contribution in [2.75, 3.05) is 6.54 Å². The van der Waals surface area contributed by atoms with Gasteiger partial charge in [0.05, 0.1) is 5.56 Å². The van der Waals surface area contributed by atoms with Gasteiger partial charge in [-0.15, -0.1) is 0 Å². The molecule has 0 aliphatic heterocycles. The summed E-state index contributed by atoms with van der Waals surface area (Å²) >= 11 is 0. The van der Waals surface area contributed by atoms with Gasteiger partial charge >= 0.3 is 0 Å². The van der Waals surface area contributed by atoms with Crippen molar-refractivity contribution in [1.82, 2.24) is 5.32 Å². The minimum Gasteiger partial charge on any atom is -0.351 e. The van der Waals surface area contributed by atoms with Crippen molar-refractivity contribution in [3.8, 4) is 0 Å². The van der Waals surface area contributed by atoms with E-state index in [4.69, 9.17) is 0 Å². The molecule has 1 aliphatic carbocycles. The van der Waals surface area contributed by atoms with Crippen LogP contribution in [0.5, 0.6) is 0 Å². The number of nitrogens with one attached hydrogen (secondary N) is 1. The van der Waals surface area contributed by atoms with Crippen LogP contribution in [0.2, 0.25) is 0 Å². The van der Waals surface area contributed by atoms with Crippen molar-refractivity contribution < 1.29 is 18.0 Å². The number of rotatable bonds is 4. The Labute approximate surface area is 132 Å². The van der Waals surface area contributed by atoms with E-state index < -0.39 is 28.8 Å². The Morgan fingerprint density at radius 2 is 1.87 bits per heavy atom. The molecule has 0 radical (unpaired) electrons. The SMILES string of the molecule is CC1CC1(CNC(=O)c1ccccc1F)c1ccc(F)cc1F. The molecule has 23 heavy (non-hydrogen) atoms. The molecular weight excluding hydrogens is 303 g/mol. The predicted molar refractivity (Wildman–Crippen MR) is 80.6 cm³/mol. The molecule has 120 valence electrons. The fourth-order valence-corrected chi connectivity index (χ4v) is 3.08. The van der Waals surface area contributed by atoms with E-state index in [-0.39, 0.29) is 18.0 Å². The largest absolute Gasteiger partial charge is 0.351 e. The second-order valence-corrected chi connectivity index (χ2v) is 6.05. The van der Waals surface area contributed by atoms with E-state index in [0.29, 0.717) is 12.0 Å². The standard InChI is InChI=1S/C18H16F3NO/c1-11-9-18(11,14-7-6-12(19)8-16(14)21)10-22-17(23)13-4-2-3-5-15(13)20/h2-8,11H,9-10H2,1H3,(H,22,23). The van der Waals surface area contributed by atoms with E-state index in [1.165, 1.54) is 30.3 Å². The van der Waals surface area contributed by atoms with E-state index >= 15 is 0 Å². The van der Waals surface area contributed by atoms with Crippen LogP contribution in [0, 0.1) is 23.4 Å². The molecule has 2 nitrogen and oxygen atoms in total. The monoisotopic (exact) mass is 319 g/mol. The van der Waals surface area contributed by atoms with E-state index in [1.54, 1.807) is 6.07 Å². The summed E-state index contributed by atoms with van der Waals surface area (Å²) in [6.07, 6.45) is 0.688. The Kier molecular flexibility index (Phi) is 3.88. The van der Waals surface area contributed by atoms with Gasteiger partial charge in [0.1, 0.15) is 17.5 Å². The summed E-state index contributed by atoms with van der Waals surface area (Å²) in [6.45, 7) is 2.13. The Morgan fingerprint density at radius 3 is 2.48 bits per heavy atom. The van der Waals surface area contributed by atoms with Gasteiger partial charge in [0.25, 0.3) is 5.91 Å². The molecule has 2 atom stereocenters. The molecule has 0 spiro atoms. The van der Waals surface area contributed by atoms with Crippen LogP contribution in [-0.4, -0.2) is 12.5 Å². The first kappa shape index (κ1) is 15.6. The first-order chi connectivity index (χ1) is 10.9. The van der Waals surface area contributed by atoms with E-state index in [0.717, 1.165) is 6.07 Å². The van der Waals surface area contributed by atoms with Gasteiger partial charge in [-0.05, 0) is 36.1 Å². The fraction of sp³-hybridized carbons (Fsp3) is 0.278. The highest BCUT2D eigenvalue weighted by Gasteiger charge is 2.53. The molecule has 0 aromatic heterocycles. The summed E-state index contributed by atoms with van der Waals surface area (Å²) in [5.74, 6) is -2.23. The maximum Gasteiger partial charge on any atom is 0.254 e. The number of benzene rings is 2. The third-order valence-corrected chi connectivity index (χ3v) is 4.60. The summed E-state index contributed by atoms with van der Waals surface area (Å²) in [6, 6.07) is 9.17. The molecule has 0 heterocycles. The fourth-order valence-electron chi connectivity index (χ4n) is 3.08. The summed E-state index contributed by atoms with van der Waals surface area (Å²) < 4.78 is 40.8. The molecular formula is C18H16F3NO. The molecule has 1 fully saturated rings. The molecule has 1 saturated carbocycles. The number of amides is 1. The Balaban J connectivity index is 1.78. The average molecular weight is 319 g/mol. The maximum absolute atomic E-state index is 14.1. The maximum atomic E-state index is 14.1. The third-order valence-electron chi connectivity index (χ3n) is 4.60. The molecule has 3 rings (SSSR count). The van der Waals surface area contributed by atoms with Crippen molar-refractivity contribution in [3.05, 3.63) is 71.0 Å².